The van der Waals surface area contributed by atoms with Crippen LogP contribution < -0.4 is 5.56 Å². The molecule has 0 saturated carbocycles. The number of nitrogens with one attached hydrogen (secondary N) is 1. The average Bonchev–Trinajstić information content (AvgIpc) is 2.99. The van der Waals surface area contributed by atoms with Crippen LogP contribution in [0, 0.1) is 13.8 Å². The fraction of sp³-hybridized carbons (Fsp3) is 0.300. The van der Waals surface area contributed by atoms with Crippen LogP contribution in [0.3, 0.4) is 0 Å². The van der Waals surface area contributed by atoms with E-state index in [9.17, 15) is 14.4 Å². The van der Waals surface area contributed by atoms with Gasteiger partial charge in [0.25, 0.3) is 5.56 Å². The number of benzene rings is 1. The summed E-state index contributed by atoms with van der Waals surface area (Å²) in [6, 6.07) is 7.09. The van der Waals surface area contributed by atoms with Gasteiger partial charge >= 0.3 is 11.9 Å². The number of aromatic nitrogens is 2. The van der Waals surface area contributed by atoms with E-state index in [0.717, 1.165) is 16.9 Å². The van der Waals surface area contributed by atoms with E-state index >= 15 is 0 Å². The molecule has 0 amide bonds. The molecule has 0 spiro atoms. The summed E-state index contributed by atoms with van der Waals surface area (Å²) < 4.78 is 10.5. The number of aryl methyl sites for hydroxylation is 2. The number of aromatic amines is 1. The average molecular weight is 400 g/mol. The van der Waals surface area contributed by atoms with Gasteiger partial charge in [0.05, 0.1) is 17.6 Å². The Hall–Kier alpha value is -3.00. The Morgan fingerprint density at radius 3 is 2.61 bits per heavy atom. The van der Waals surface area contributed by atoms with Gasteiger partial charge in [-0.05, 0) is 44.9 Å². The lowest BCUT2D eigenvalue weighted by Gasteiger charge is -2.13. The van der Waals surface area contributed by atoms with Crippen LogP contribution in [0.15, 0.2) is 29.1 Å². The van der Waals surface area contributed by atoms with Gasteiger partial charge in [-0.2, -0.15) is 0 Å². The molecule has 1 unspecified atom stereocenters. The second kappa shape index (κ2) is 7.93. The van der Waals surface area contributed by atoms with Gasteiger partial charge in [0, 0.05) is 0 Å². The number of rotatable bonds is 5. The predicted molar refractivity (Wildman–Crippen MR) is 106 cm³/mol. The molecule has 0 aliphatic heterocycles. The van der Waals surface area contributed by atoms with Crippen molar-refractivity contribution in [3.63, 3.8) is 0 Å². The van der Waals surface area contributed by atoms with Gasteiger partial charge in [0.1, 0.15) is 9.71 Å². The first-order valence-corrected chi connectivity index (χ1v) is 9.62. The fourth-order valence-electron chi connectivity index (χ4n) is 2.83. The highest BCUT2D eigenvalue weighted by Gasteiger charge is 2.23. The van der Waals surface area contributed by atoms with Crippen molar-refractivity contribution >= 4 is 33.5 Å². The Labute approximate surface area is 165 Å². The molecule has 0 aliphatic rings. The largest absolute Gasteiger partial charge is 0.462 e. The first-order chi connectivity index (χ1) is 13.3. The molecule has 3 rings (SSSR count). The summed E-state index contributed by atoms with van der Waals surface area (Å²) in [6.07, 6.45) is -0.766. The number of thiophene rings is 1. The zero-order valence-electron chi connectivity index (χ0n) is 16.0. The Morgan fingerprint density at radius 1 is 1.21 bits per heavy atom. The zero-order chi connectivity index (χ0) is 20.4. The maximum atomic E-state index is 12.5. The summed E-state index contributed by atoms with van der Waals surface area (Å²) in [5, 5.41) is 0.342. The van der Waals surface area contributed by atoms with Gasteiger partial charge in [0.15, 0.2) is 11.9 Å². The van der Waals surface area contributed by atoms with Crippen LogP contribution in [0.2, 0.25) is 0 Å². The number of hydrogen-bond donors (Lipinski definition) is 1. The topological polar surface area (TPSA) is 98.3 Å². The molecule has 146 valence electrons. The lowest BCUT2D eigenvalue weighted by atomic mass is 10.1. The van der Waals surface area contributed by atoms with Crippen molar-refractivity contribution in [2.75, 3.05) is 6.61 Å². The first kappa shape index (κ1) is 19.8. The normalized spacial score (nSPS) is 12.0. The third-order valence-electron chi connectivity index (χ3n) is 4.31. The van der Waals surface area contributed by atoms with Crippen molar-refractivity contribution in [3.05, 3.63) is 62.0 Å². The van der Waals surface area contributed by atoms with E-state index in [-0.39, 0.29) is 18.0 Å². The summed E-state index contributed by atoms with van der Waals surface area (Å²) in [4.78, 5) is 44.9. The maximum absolute atomic E-state index is 12.5. The van der Waals surface area contributed by atoms with Crippen LogP contribution in [0.4, 0.5) is 0 Å². The minimum Gasteiger partial charge on any atom is -0.462 e. The molecule has 3 aromatic rings. The van der Waals surface area contributed by atoms with Crippen molar-refractivity contribution in [2.24, 2.45) is 0 Å². The SMILES string of the molecule is CCOC(=O)c1sc2nc(C(C)OC(=O)c3ccccc3C)[nH]c(=O)c2c1C. The van der Waals surface area contributed by atoms with Crippen LogP contribution in [0.1, 0.15) is 56.9 Å². The Kier molecular flexibility index (Phi) is 5.60. The molecule has 0 saturated heterocycles. The van der Waals surface area contributed by atoms with Crippen molar-refractivity contribution < 1.29 is 19.1 Å². The molecule has 2 aromatic heterocycles. The molecular weight excluding hydrogens is 380 g/mol. The molecule has 28 heavy (non-hydrogen) atoms. The number of ether oxygens (including phenoxy) is 2. The number of carbonyl (C=O) groups excluding carboxylic acids is 2. The molecule has 7 nitrogen and oxygen atoms in total. The van der Waals surface area contributed by atoms with E-state index < -0.39 is 18.0 Å². The lowest BCUT2D eigenvalue weighted by molar-refractivity contribution is 0.0319. The van der Waals surface area contributed by atoms with Gasteiger partial charge in [0.2, 0.25) is 0 Å². The maximum Gasteiger partial charge on any atom is 0.348 e. The van der Waals surface area contributed by atoms with Crippen LogP contribution in [-0.2, 0) is 9.47 Å². The molecule has 1 atom stereocenters. The second-order valence-corrected chi connectivity index (χ2v) is 7.27. The van der Waals surface area contributed by atoms with E-state index in [1.807, 2.05) is 19.1 Å². The first-order valence-electron chi connectivity index (χ1n) is 8.80. The molecule has 1 aromatic carbocycles. The molecular formula is C20H20N2O5S. The van der Waals surface area contributed by atoms with E-state index in [4.69, 9.17) is 9.47 Å². The fourth-order valence-corrected chi connectivity index (χ4v) is 3.91. The van der Waals surface area contributed by atoms with E-state index in [2.05, 4.69) is 9.97 Å². The number of carbonyl (C=O) groups is 2. The highest BCUT2D eigenvalue weighted by molar-refractivity contribution is 7.20. The Balaban J connectivity index is 1.93. The minimum atomic E-state index is -0.766. The van der Waals surface area contributed by atoms with Crippen LogP contribution in [-0.4, -0.2) is 28.5 Å². The number of fused-ring (bicyclic) bond motifs is 1. The minimum absolute atomic E-state index is 0.219. The molecule has 1 N–H and O–H groups in total. The van der Waals surface area contributed by atoms with Gasteiger partial charge in [-0.1, -0.05) is 18.2 Å². The van der Waals surface area contributed by atoms with E-state index in [1.165, 1.54) is 0 Å². The van der Waals surface area contributed by atoms with E-state index in [1.54, 1.807) is 32.9 Å². The standard InChI is InChI=1S/C20H20N2O5S/c1-5-26-20(25)15-11(3)14-17(23)21-16(22-18(14)28-15)12(4)27-19(24)13-9-7-6-8-10(13)2/h6-9,12H,5H2,1-4H3,(H,21,22,23). The number of hydrogen-bond acceptors (Lipinski definition) is 7. The molecule has 0 aliphatic carbocycles. The van der Waals surface area contributed by atoms with Crippen LogP contribution in [0.5, 0.6) is 0 Å². The summed E-state index contributed by atoms with van der Waals surface area (Å²) in [5.41, 5.74) is 1.39. The Morgan fingerprint density at radius 2 is 1.93 bits per heavy atom. The molecule has 0 fully saturated rings. The van der Waals surface area contributed by atoms with Crippen molar-refractivity contribution in [1.82, 2.24) is 9.97 Å². The quantitative estimate of drug-likeness (QED) is 0.656. The van der Waals surface area contributed by atoms with Crippen LogP contribution in [0.25, 0.3) is 10.2 Å². The molecule has 8 heteroatoms. The monoisotopic (exact) mass is 400 g/mol. The predicted octanol–water partition coefficient (Wildman–Crippen LogP) is 3.70. The number of nitrogens with zero attached hydrogens (tertiary/aromatic N) is 1. The van der Waals surface area contributed by atoms with Crippen molar-refractivity contribution in [3.8, 4) is 0 Å². The molecule has 0 bridgehead atoms. The highest BCUT2D eigenvalue weighted by atomic mass is 32.1. The van der Waals surface area contributed by atoms with Crippen molar-refractivity contribution in [1.29, 1.82) is 0 Å². The lowest BCUT2D eigenvalue weighted by Crippen LogP contribution is -2.17. The molecule has 2 heterocycles. The van der Waals surface area contributed by atoms with Crippen molar-refractivity contribution in [2.45, 2.75) is 33.8 Å². The second-order valence-electron chi connectivity index (χ2n) is 6.27. The number of esters is 2. The third kappa shape index (κ3) is 3.68. The van der Waals surface area contributed by atoms with Gasteiger partial charge in [-0.3, -0.25) is 4.79 Å². The van der Waals surface area contributed by atoms with Gasteiger partial charge < -0.3 is 14.5 Å². The summed E-state index contributed by atoms with van der Waals surface area (Å²) in [6.45, 7) is 7.09. The summed E-state index contributed by atoms with van der Waals surface area (Å²) >= 11 is 1.09. The third-order valence-corrected chi connectivity index (χ3v) is 5.48. The number of H-pyrrole nitrogens is 1. The highest BCUT2D eigenvalue weighted by Crippen LogP contribution is 2.28. The zero-order valence-corrected chi connectivity index (χ0v) is 16.8. The molecule has 0 radical (unpaired) electrons. The van der Waals surface area contributed by atoms with Gasteiger partial charge in [-0.15, -0.1) is 11.3 Å². The summed E-state index contributed by atoms with van der Waals surface area (Å²) in [5.74, 6) is -0.762. The smallest absolute Gasteiger partial charge is 0.348 e. The van der Waals surface area contributed by atoms with Gasteiger partial charge in [-0.25, -0.2) is 14.6 Å². The Bertz CT molecular complexity index is 1120. The summed E-state index contributed by atoms with van der Waals surface area (Å²) in [7, 11) is 0. The van der Waals surface area contributed by atoms with E-state index in [0.29, 0.717) is 26.2 Å². The van der Waals surface area contributed by atoms with Crippen LogP contribution >= 0.6 is 11.3 Å².